The molecule has 1 aliphatic rings. The molecule has 1 aliphatic carbocycles. The van der Waals surface area contributed by atoms with Crippen molar-refractivity contribution < 1.29 is 4.74 Å². The molecule has 2 aromatic rings. The Morgan fingerprint density at radius 1 is 1.00 bits per heavy atom. The van der Waals surface area contributed by atoms with E-state index in [9.17, 15) is 0 Å². The molecule has 1 aromatic carbocycles. The lowest BCUT2D eigenvalue weighted by Gasteiger charge is -2.26. The van der Waals surface area contributed by atoms with E-state index in [2.05, 4.69) is 9.97 Å². The van der Waals surface area contributed by atoms with Crippen LogP contribution in [0.2, 0.25) is 0 Å². The van der Waals surface area contributed by atoms with Gasteiger partial charge in [0.25, 0.3) is 0 Å². The summed E-state index contributed by atoms with van der Waals surface area (Å²) in [6, 6.07) is 12.1. The third kappa shape index (κ3) is 3.14. The Morgan fingerprint density at radius 2 is 1.75 bits per heavy atom. The number of benzene rings is 1. The molecule has 3 rings (SSSR count). The molecule has 1 saturated carbocycles. The average Bonchev–Trinajstić information content (AvgIpc) is 2.51. The predicted molar refractivity (Wildman–Crippen MR) is 78.3 cm³/mol. The van der Waals surface area contributed by atoms with Crippen molar-refractivity contribution in [3.63, 3.8) is 0 Å². The molecule has 1 heterocycles. The maximum atomic E-state index is 5.96. The Bertz CT molecular complexity index is 551. The van der Waals surface area contributed by atoms with Crippen LogP contribution in [-0.4, -0.2) is 22.1 Å². The largest absolute Gasteiger partial charge is 0.474 e. The molecule has 1 fully saturated rings. The summed E-state index contributed by atoms with van der Waals surface area (Å²) in [4.78, 5) is 8.80. The fraction of sp³-hybridized carbons (Fsp3) is 0.375. The number of hydrogen-bond acceptors (Lipinski definition) is 4. The van der Waals surface area contributed by atoms with Gasteiger partial charge in [-0.15, -0.1) is 0 Å². The van der Waals surface area contributed by atoms with Crippen molar-refractivity contribution in [3.05, 3.63) is 42.6 Å². The predicted octanol–water partition coefficient (Wildman–Crippen LogP) is 2.79. The first-order valence-corrected chi connectivity index (χ1v) is 7.12. The summed E-state index contributed by atoms with van der Waals surface area (Å²) < 4.78 is 5.96. The summed E-state index contributed by atoms with van der Waals surface area (Å²) in [6.07, 6.45) is 6.05. The first kappa shape index (κ1) is 13.1. The summed E-state index contributed by atoms with van der Waals surface area (Å²) in [5.41, 5.74) is 6.91. The quantitative estimate of drug-likeness (QED) is 0.930. The molecule has 0 aliphatic heterocycles. The monoisotopic (exact) mass is 269 g/mol. The van der Waals surface area contributed by atoms with Crippen LogP contribution in [0.4, 0.5) is 0 Å². The van der Waals surface area contributed by atoms with Gasteiger partial charge in [-0.25, -0.2) is 4.98 Å². The molecule has 4 nitrogen and oxygen atoms in total. The van der Waals surface area contributed by atoms with Crippen LogP contribution in [0.25, 0.3) is 11.4 Å². The molecule has 0 saturated heterocycles. The highest BCUT2D eigenvalue weighted by atomic mass is 16.5. The molecule has 0 spiro atoms. The number of aromatic nitrogens is 2. The smallest absolute Gasteiger partial charge is 0.217 e. The second-order valence-electron chi connectivity index (χ2n) is 5.24. The highest BCUT2D eigenvalue weighted by molar-refractivity contribution is 5.54. The summed E-state index contributed by atoms with van der Waals surface area (Å²) in [7, 11) is 0. The van der Waals surface area contributed by atoms with Crippen LogP contribution in [0.3, 0.4) is 0 Å². The van der Waals surface area contributed by atoms with E-state index in [1.165, 1.54) is 0 Å². The molecular formula is C16H19N3O. The Kier molecular flexibility index (Phi) is 3.92. The molecule has 0 amide bonds. The van der Waals surface area contributed by atoms with Crippen molar-refractivity contribution in [2.45, 2.75) is 37.8 Å². The lowest BCUT2D eigenvalue weighted by atomic mass is 9.94. The van der Waals surface area contributed by atoms with Crippen LogP contribution in [0.15, 0.2) is 42.6 Å². The van der Waals surface area contributed by atoms with Gasteiger partial charge in [0.05, 0.1) is 0 Å². The van der Waals surface area contributed by atoms with Gasteiger partial charge in [0.1, 0.15) is 6.10 Å². The first-order chi connectivity index (χ1) is 9.81. The minimum Gasteiger partial charge on any atom is -0.474 e. The van der Waals surface area contributed by atoms with Gasteiger partial charge in [0, 0.05) is 23.9 Å². The standard InChI is InChI=1S/C16H19N3O/c17-13-6-8-14(9-7-13)20-15-10-11-18-16(19-15)12-4-2-1-3-5-12/h1-5,10-11,13-14H,6-9,17H2. The fourth-order valence-corrected chi connectivity index (χ4v) is 2.51. The van der Waals surface area contributed by atoms with Gasteiger partial charge in [-0.3, -0.25) is 0 Å². The van der Waals surface area contributed by atoms with E-state index in [0.29, 0.717) is 17.7 Å². The minimum absolute atomic E-state index is 0.230. The van der Waals surface area contributed by atoms with Gasteiger partial charge in [0.2, 0.25) is 5.88 Å². The lowest BCUT2D eigenvalue weighted by molar-refractivity contribution is 0.141. The highest BCUT2D eigenvalue weighted by Gasteiger charge is 2.20. The van der Waals surface area contributed by atoms with Gasteiger partial charge < -0.3 is 10.5 Å². The third-order valence-electron chi connectivity index (χ3n) is 3.67. The number of hydrogen-bond donors (Lipinski definition) is 1. The number of nitrogens with zero attached hydrogens (tertiary/aromatic N) is 2. The fourth-order valence-electron chi connectivity index (χ4n) is 2.51. The van der Waals surface area contributed by atoms with Crippen molar-refractivity contribution in [2.24, 2.45) is 5.73 Å². The minimum atomic E-state index is 0.230. The van der Waals surface area contributed by atoms with Crippen LogP contribution < -0.4 is 10.5 Å². The normalized spacial score (nSPS) is 22.4. The second kappa shape index (κ2) is 6.01. The van der Waals surface area contributed by atoms with E-state index >= 15 is 0 Å². The van der Waals surface area contributed by atoms with Gasteiger partial charge in [-0.2, -0.15) is 4.98 Å². The SMILES string of the molecule is NC1CCC(Oc2ccnc(-c3ccccc3)n2)CC1. The summed E-state index contributed by atoms with van der Waals surface area (Å²) in [6.45, 7) is 0. The first-order valence-electron chi connectivity index (χ1n) is 7.12. The second-order valence-corrected chi connectivity index (χ2v) is 5.24. The van der Waals surface area contributed by atoms with E-state index in [4.69, 9.17) is 10.5 Å². The van der Waals surface area contributed by atoms with Gasteiger partial charge in [-0.1, -0.05) is 30.3 Å². The number of rotatable bonds is 3. The number of ether oxygens (including phenoxy) is 1. The molecule has 104 valence electrons. The maximum absolute atomic E-state index is 5.96. The zero-order valence-corrected chi connectivity index (χ0v) is 11.4. The van der Waals surface area contributed by atoms with Gasteiger partial charge >= 0.3 is 0 Å². The molecule has 2 N–H and O–H groups in total. The van der Waals surface area contributed by atoms with Crippen LogP contribution >= 0.6 is 0 Å². The topological polar surface area (TPSA) is 61.0 Å². The van der Waals surface area contributed by atoms with Crippen LogP contribution in [0.5, 0.6) is 5.88 Å². The van der Waals surface area contributed by atoms with E-state index in [1.807, 2.05) is 36.4 Å². The molecule has 0 bridgehead atoms. The molecule has 0 unspecified atom stereocenters. The number of nitrogens with two attached hydrogens (primary N) is 1. The summed E-state index contributed by atoms with van der Waals surface area (Å²) in [5, 5.41) is 0. The average molecular weight is 269 g/mol. The van der Waals surface area contributed by atoms with Crippen LogP contribution in [0.1, 0.15) is 25.7 Å². The Balaban J connectivity index is 1.72. The van der Waals surface area contributed by atoms with Gasteiger partial charge in [0.15, 0.2) is 5.82 Å². The zero-order valence-electron chi connectivity index (χ0n) is 11.4. The zero-order chi connectivity index (χ0) is 13.8. The summed E-state index contributed by atoms with van der Waals surface area (Å²) >= 11 is 0. The van der Waals surface area contributed by atoms with Gasteiger partial charge in [-0.05, 0) is 25.7 Å². The lowest BCUT2D eigenvalue weighted by Crippen LogP contribution is -2.31. The van der Waals surface area contributed by atoms with Crippen molar-refractivity contribution in [1.29, 1.82) is 0 Å². The Labute approximate surface area is 119 Å². The van der Waals surface area contributed by atoms with E-state index in [0.717, 1.165) is 31.2 Å². The Hall–Kier alpha value is -1.94. The molecule has 20 heavy (non-hydrogen) atoms. The van der Waals surface area contributed by atoms with E-state index in [1.54, 1.807) is 6.20 Å². The summed E-state index contributed by atoms with van der Waals surface area (Å²) in [5.74, 6) is 1.36. The molecule has 1 aromatic heterocycles. The highest BCUT2D eigenvalue weighted by Crippen LogP contribution is 2.23. The molecule has 4 heteroatoms. The van der Waals surface area contributed by atoms with Crippen molar-refractivity contribution in [1.82, 2.24) is 9.97 Å². The third-order valence-corrected chi connectivity index (χ3v) is 3.67. The van der Waals surface area contributed by atoms with E-state index < -0.39 is 0 Å². The Morgan fingerprint density at radius 3 is 2.50 bits per heavy atom. The molecule has 0 radical (unpaired) electrons. The maximum Gasteiger partial charge on any atom is 0.217 e. The van der Waals surface area contributed by atoms with Crippen molar-refractivity contribution in [3.8, 4) is 17.3 Å². The molecule has 0 atom stereocenters. The van der Waals surface area contributed by atoms with E-state index in [-0.39, 0.29) is 6.10 Å². The van der Waals surface area contributed by atoms with Crippen molar-refractivity contribution in [2.75, 3.05) is 0 Å². The van der Waals surface area contributed by atoms with Crippen LogP contribution in [0, 0.1) is 0 Å². The van der Waals surface area contributed by atoms with Crippen LogP contribution in [-0.2, 0) is 0 Å². The molecular weight excluding hydrogens is 250 g/mol. The van der Waals surface area contributed by atoms with Crippen molar-refractivity contribution >= 4 is 0 Å².